The van der Waals surface area contributed by atoms with Gasteiger partial charge in [-0.2, -0.15) is 4.31 Å². The molecule has 12 heteroatoms. The molecule has 37 heavy (non-hydrogen) atoms. The first kappa shape index (κ1) is 28.9. The van der Waals surface area contributed by atoms with E-state index in [1.165, 1.54) is 49.8 Å². The Morgan fingerprint density at radius 2 is 1.62 bits per heavy atom. The van der Waals surface area contributed by atoms with Crippen molar-refractivity contribution in [1.29, 1.82) is 0 Å². The highest BCUT2D eigenvalue weighted by atomic mass is 32.2. The molecular weight excluding hydrogens is 518 g/mol. The second-order valence-electron chi connectivity index (χ2n) is 8.90. The van der Waals surface area contributed by atoms with Gasteiger partial charge >= 0.3 is 0 Å². The summed E-state index contributed by atoms with van der Waals surface area (Å²) < 4.78 is 63.9. The Hall–Kier alpha value is -2.67. The molecule has 1 amide bonds. The Morgan fingerprint density at radius 1 is 0.973 bits per heavy atom. The maximum absolute atomic E-state index is 12.7. The van der Waals surface area contributed by atoms with Gasteiger partial charge in [0.2, 0.25) is 26.0 Å². The fourth-order valence-corrected chi connectivity index (χ4v) is 6.45. The van der Waals surface area contributed by atoms with Crippen molar-refractivity contribution in [2.75, 3.05) is 47.4 Å². The molecule has 1 aliphatic heterocycles. The van der Waals surface area contributed by atoms with Crippen molar-refractivity contribution in [2.24, 2.45) is 0 Å². The molecule has 0 radical (unpaired) electrons. The lowest BCUT2D eigenvalue weighted by atomic mass is 10.1. The number of methoxy groups -OCH3 is 1. The highest BCUT2D eigenvalue weighted by Gasteiger charge is 2.25. The average Bonchev–Trinajstić information content (AvgIpc) is 2.90. The van der Waals surface area contributed by atoms with Crippen molar-refractivity contribution in [2.45, 2.75) is 41.9 Å². The predicted octanol–water partition coefficient (Wildman–Crippen LogP) is 2.25. The minimum atomic E-state index is -3.60. The number of rotatable bonds is 12. The summed E-state index contributed by atoms with van der Waals surface area (Å²) in [5.41, 5.74) is 0.622. The summed E-state index contributed by atoms with van der Waals surface area (Å²) in [6.07, 6.45) is 3.26. The fourth-order valence-electron chi connectivity index (χ4n) is 3.98. The van der Waals surface area contributed by atoms with Crippen LogP contribution in [0.3, 0.4) is 0 Å². The number of hydrogen-bond acceptors (Lipinski definition) is 7. The number of nitrogens with zero attached hydrogens (tertiary/aromatic N) is 2. The van der Waals surface area contributed by atoms with Gasteiger partial charge in [-0.15, -0.1) is 0 Å². The SMILES string of the molecule is COc1ccc(S(=O)(=O)N(C)C)cc1CCC(=O)NCCOc1ccc(S(=O)(=O)N2CCCCC2)cc1. The summed E-state index contributed by atoms with van der Waals surface area (Å²) in [5.74, 6) is 0.810. The number of carbonyl (C=O) groups is 1. The van der Waals surface area contributed by atoms with Gasteiger partial charge in [0.15, 0.2) is 0 Å². The molecule has 204 valence electrons. The molecule has 0 unspecified atom stereocenters. The molecule has 0 aliphatic carbocycles. The number of benzene rings is 2. The molecule has 1 heterocycles. The van der Waals surface area contributed by atoms with Crippen molar-refractivity contribution in [3.8, 4) is 11.5 Å². The maximum Gasteiger partial charge on any atom is 0.243 e. The number of amides is 1. The first-order chi connectivity index (χ1) is 17.6. The van der Waals surface area contributed by atoms with Crippen LogP contribution in [0.25, 0.3) is 0 Å². The third kappa shape index (κ3) is 7.44. The zero-order valence-corrected chi connectivity index (χ0v) is 23.1. The van der Waals surface area contributed by atoms with Gasteiger partial charge in [-0.3, -0.25) is 4.79 Å². The number of piperidine rings is 1. The van der Waals surface area contributed by atoms with Crippen molar-refractivity contribution in [3.05, 3.63) is 48.0 Å². The van der Waals surface area contributed by atoms with Crippen LogP contribution in [0.5, 0.6) is 11.5 Å². The topological polar surface area (TPSA) is 122 Å². The molecule has 10 nitrogen and oxygen atoms in total. The molecule has 0 bridgehead atoms. The quantitative estimate of drug-likeness (QED) is 0.400. The molecule has 2 aromatic rings. The van der Waals surface area contributed by atoms with E-state index in [9.17, 15) is 21.6 Å². The Balaban J connectivity index is 1.47. The predicted molar refractivity (Wildman–Crippen MR) is 140 cm³/mol. The Kier molecular flexibility index (Phi) is 9.93. The minimum Gasteiger partial charge on any atom is -0.496 e. The smallest absolute Gasteiger partial charge is 0.243 e. The van der Waals surface area contributed by atoms with Crippen molar-refractivity contribution in [1.82, 2.24) is 13.9 Å². The van der Waals surface area contributed by atoms with Crippen molar-refractivity contribution in [3.63, 3.8) is 0 Å². The Morgan fingerprint density at radius 3 is 2.24 bits per heavy atom. The lowest BCUT2D eigenvalue weighted by molar-refractivity contribution is -0.121. The van der Waals surface area contributed by atoms with Crippen LogP contribution in [0.2, 0.25) is 0 Å². The molecule has 0 atom stereocenters. The van der Waals surface area contributed by atoms with E-state index in [0.717, 1.165) is 23.6 Å². The standard InChI is InChI=1S/C25H35N3O7S2/c1-27(2)36(30,31)23-12-13-24(34-3)20(19-23)7-14-25(29)26-15-18-35-21-8-10-22(11-9-21)37(32,33)28-16-5-4-6-17-28/h8-13,19H,4-7,14-18H2,1-3H3,(H,26,29). The van der Waals surface area contributed by atoms with Crippen LogP contribution < -0.4 is 14.8 Å². The van der Waals surface area contributed by atoms with Crippen LogP contribution in [0.1, 0.15) is 31.2 Å². The second-order valence-corrected chi connectivity index (χ2v) is 13.0. The second kappa shape index (κ2) is 12.7. The highest BCUT2D eigenvalue weighted by Crippen LogP contribution is 2.25. The van der Waals surface area contributed by atoms with E-state index >= 15 is 0 Å². The number of sulfonamides is 2. The number of nitrogens with one attached hydrogen (secondary N) is 1. The van der Waals surface area contributed by atoms with Gasteiger partial charge in [-0.05, 0) is 67.3 Å². The lowest BCUT2D eigenvalue weighted by Gasteiger charge is -2.25. The van der Waals surface area contributed by atoms with Crippen LogP contribution in [0.4, 0.5) is 0 Å². The van der Waals surface area contributed by atoms with Crippen LogP contribution in [0.15, 0.2) is 52.3 Å². The van der Waals surface area contributed by atoms with E-state index in [-0.39, 0.29) is 35.3 Å². The maximum atomic E-state index is 12.7. The summed E-state index contributed by atoms with van der Waals surface area (Å²) in [5, 5.41) is 2.77. The molecule has 1 aliphatic rings. The van der Waals surface area contributed by atoms with E-state index in [1.54, 1.807) is 18.2 Å². The van der Waals surface area contributed by atoms with Gasteiger partial charge in [-0.1, -0.05) is 6.42 Å². The third-order valence-electron chi connectivity index (χ3n) is 6.12. The largest absolute Gasteiger partial charge is 0.496 e. The highest BCUT2D eigenvalue weighted by molar-refractivity contribution is 7.89. The molecule has 0 aromatic heterocycles. The van der Waals surface area contributed by atoms with Crippen molar-refractivity contribution < 1.29 is 31.1 Å². The third-order valence-corrected chi connectivity index (χ3v) is 9.85. The summed E-state index contributed by atoms with van der Waals surface area (Å²) in [7, 11) is -2.68. The zero-order valence-electron chi connectivity index (χ0n) is 21.5. The van der Waals surface area contributed by atoms with Crippen LogP contribution in [-0.2, 0) is 31.3 Å². The van der Waals surface area contributed by atoms with E-state index in [2.05, 4.69) is 5.32 Å². The molecule has 0 saturated carbocycles. The van der Waals surface area contributed by atoms with Gasteiger partial charge in [0.25, 0.3) is 0 Å². The summed E-state index contributed by atoms with van der Waals surface area (Å²) in [6.45, 7) is 1.57. The molecule has 0 spiro atoms. The van der Waals surface area contributed by atoms with Gasteiger partial charge < -0.3 is 14.8 Å². The zero-order chi connectivity index (χ0) is 27.1. The summed E-state index contributed by atoms with van der Waals surface area (Å²) in [6, 6.07) is 10.9. The summed E-state index contributed by atoms with van der Waals surface area (Å²) >= 11 is 0. The molecule has 1 fully saturated rings. The van der Waals surface area contributed by atoms with Gasteiger partial charge in [0, 0.05) is 33.6 Å². The van der Waals surface area contributed by atoms with E-state index in [4.69, 9.17) is 9.47 Å². The molecule has 2 aromatic carbocycles. The van der Waals surface area contributed by atoms with Crippen LogP contribution in [0, 0.1) is 0 Å². The monoisotopic (exact) mass is 553 g/mol. The molecule has 1 saturated heterocycles. The number of hydrogen-bond donors (Lipinski definition) is 1. The molecular formula is C25H35N3O7S2. The number of carbonyl (C=O) groups excluding carboxylic acids is 1. The fraction of sp³-hybridized carbons (Fsp3) is 0.480. The Bertz CT molecular complexity index is 1270. The van der Waals surface area contributed by atoms with E-state index in [1.807, 2.05) is 0 Å². The van der Waals surface area contributed by atoms with Crippen LogP contribution >= 0.6 is 0 Å². The molecule has 1 N–H and O–H groups in total. The first-order valence-corrected chi connectivity index (χ1v) is 15.0. The van der Waals surface area contributed by atoms with Crippen LogP contribution in [-0.4, -0.2) is 78.8 Å². The average molecular weight is 554 g/mol. The first-order valence-electron chi connectivity index (χ1n) is 12.1. The summed E-state index contributed by atoms with van der Waals surface area (Å²) in [4.78, 5) is 12.7. The minimum absolute atomic E-state index is 0.136. The van der Waals surface area contributed by atoms with E-state index < -0.39 is 20.0 Å². The Labute approximate surface area is 219 Å². The van der Waals surface area contributed by atoms with Gasteiger partial charge in [0.1, 0.15) is 18.1 Å². The normalized spacial score (nSPS) is 14.9. The van der Waals surface area contributed by atoms with Gasteiger partial charge in [-0.25, -0.2) is 21.1 Å². The number of aryl methyl sites for hydroxylation is 1. The number of ether oxygens (including phenoxy) is 2. The van der Waals surface area contributed by atoms with Gasteiger partial charge in [0.05, 0.1) is 23.4 Å². The van der Waals surface area contributed by atoms with Crippen molar-refractivity contribution >= 4 is 26.0 Å². The lowest BCUT2D eigenvalue weighted by Crippen LogP contribution is -2.35. The van der Waals surface area contributed by atoms with E-state index in [0.29, 0.717) is 36.6 Å². The molecule has 3 rings (SSSR count).